The molecule has 0 radical (unpaired) electrons. The summed E-state index contributed by atoms with van der Waals surface area (Å²) in [5.74, 6) is 1.62. The number of nitrogens with zero attached hydrogens (tertiary/aromatic N) is 1. The molecule has 0 saturated carbocycles. The predicted octanol–water partition coefficient (Wildman–Crippen LogP) is 2.60. The van der Waals surface area contributed by atoms with Crippen LogP contribution in [0.15, 0.2) is 48.7 Å². The van der Waals surface area contributed by atoms with E-state index in [1.54, 1.807) is 6.20 Å². The molecule has 3 N–H and O–H groups in total. The summed E-state index contributed by atoms with van der Waals surface area (Å²) in [7, 11) is 0. The Labute approximate surface area is 111 Å². The topological polar surface area (TPSA) is 63.9 Å². The summed E-state index contributed by atoms with van der Waals surface area (Å²) in [4.78, 5) is 7.31. The Hall–Kier alpha value is -2.33. The molecule has 0 saturated heterocycles. The first kappa shape index (κ1) is 11.7. The van der Waals surface area contributed by atoms with Gasteiger partial charge in [0.2, 0.25) is 0 Å². The summed E-state index contributed by atoms with van der Waals surface area (Å²) in [6, 6.07) is 14.3. The second-order valence-electron chi connectivity index (χ2n) is 4.36. The molecule has 0 bridgehead atoms. The minimum Gasteiger partial charge on any atom is -0.486 e. The Kier molecular flexibility index (Phi) is 3.16. The number of aromatic amines is 1. The highest BCUT2D eigenvalue weighted by Crippen LogP contribution is 2.21. The number of benzene rings is 2. The molecule has 3 aromatic rings. The zero-order chi connectivity index (χ0) is 13.1. The summed E-state index contributed by atoms with van der Waals surface area (Å²) < 4.78 is 5.72. The molecule has 0 aliphatic heterocycles. The van der Waals surface area contributed by atoms with Gasteiger partial charge in [0.15, 0.2) is 0 Å². The van der Waals surface area contributed by atoms with Crippen molar-refractivity contribution in [3.05, 3.63) is 60.2 Å². The van der Waals surface area contributed by atoms with Gasteiger partial charge in [-0.15, -0.1) is 0 Å². The molecule has 96 valence electrons. The maximum absolute atomic E-state index is 5.72. The number of aromatic nitrogens is 2. The number of ether oxygens (including phenoxy) is 1. The van der Waals surface area contributed by atoms with Crippen LogP contribution in [0.5, 0.6) is 5.75 Å². The van der Waals surface area contributed by atoms with Gasteiger partial charge in [0.05, 0.1) is 0 Å². The average molecular weight is 253 g/mol. The van der Waals surface area contributed by atoms with Crippen LogP contribution in [0.25, 0.3) is 10.8 Å². The number of nitrogens with one attached hydrogen (secondary N) is 1. The second kappa shape index (κ2) is 5.12. The van der Waals surface area contributed by atoms with Crippen LogP contribution in [-0.4, -0.2) is 9.97 Å². The molecule has 1 heterocycles. The monoisotopic (exact) mass is 253 g/mol. The van der Waals surface area contributed by atoms with Crippen molar-refractivity contribution in [2.75, 3.05) is 0 Å². The van der Waals surface area contributed by atoms with Gasteiger partial charge >= 0.3 is 0 Å². The van der Waals surface area contributed by atoms with E-state index in [2.05, 4.69) is 28.2 Å². The fourth-order valence-corrected chi connectivity index (χ4v) is 1.99. The number of hydrogen-bond acceptors (Lipinski definition) is 3. The summed E-state index contributed by atoms with van der Waals surface area (Å²) in [6.45, 7) is 0.876. The summed E-state index contributed by atoms with van der Waals surface area (Å²) >= 11 is 0. The Morgan fingerprint density at radius 3 is 2.74 bits per heavy atom. The number of rotatable bonds is 4. The first-order chi connectivity index (χ1) is 9.35. The lowest BCUT2D eigenvalue weighted by atomic mass is 10.1. The van der Waals surface area contributed by atoms with Crippen LogP contribution in [0.2, 0.25) is 0 Å². The fourth-order valence-electron chi connectivity index (χ4n) is 1.99. The van der Waals surface area contributed by atoms with Crippen LogP contribution in [0.3, 0.4) is 0 Å². The molecule has 0 spiro atoms. The van der Waals surface area contributed by atoms with E-state index in [0.29, 0.717) is 13.2 Å². The third kappa shape index (κ3) is 2.58. The van der Waals surface area contributed by atoms with Gasteiger partial charge in [-0.05, 0) is 22.9 Å². The Morgan fingerprint density at radius 2 is 1.95 bits per heavy atom. The highest BCUT2D eigenvalue weighted by atomic mass is 16.5. The van der Waals surface area contributed by atoms with Gasteiger partial charge in [-0.2, -0.15) is 0 Å². The van der Waals surface area contributed by atoms with Crippen molar-refractivity contribution in [3.8, 4) is 5.75 Å². The Morgan fingerprint density at radius 1 is 1.11 bits per heavy atom. The highest BCUT2D eigenvalue weighted by molar-refractivity contribution is 5.83. The number of hydrogen-bond donors (Lipinski definition) is 2. The van der Waals surface area contributed by atoms with E-state index in [-0.39, 0.29) is 0 Å². The smallest absolute Gasteiger partial charge is 0.146 e. The lowest BCUT2D eigenvalue weighted by Gasteiger charge is -2.05. The van der Waals surface area contributed by atoms with Crippen molar-refractivity contribution in [3.63, 3.8) is 0 Å². The summed E-state index contributed by atoms with van der Waals surface area (Å²) in [5.41, 5.74) is 6.43. The minimum atomic E-state index is 0.415. The van der Waals surface area contributed by atoms with E-state index in [1.807, 2.05) is 24.3 Å². The largest absolute Gasteiger partial charge is 0.486 e. The standard InChI is InChI=1S/C15H15N3O/c16-8-13-9-17-15(18-13)10-19-14-6-5-11-3-1-2-4-12(11)7-14/h1-7,9H,8,10,16H2,(H,17,18). The van der Waals surface area contributed by atoms with Gasteiger partial charge in [-0.25, -0.2) is 4.98 Å². The normalized spacial score (nSPS) is 10.8. The van der Waals surface area contributed by atoms with Gasteiger partial charge in [0, 0.05) is 18.4 Å². The molecule has 0 unspecified atom stereocenters. The number of imidazole rings is 1. The van der Waals surface area contributed by atoms with Crippen LogP contribution >= 0.6 is 0 Å². The highest BCUT2D eigenvalue weighted by Gasteiger charge is 2.01. The van der Waals surface area contributed by atoms with Crippen molar-refractivity contribution in [2.24, 2.45) is 5.73 Å². The molecule has 0 aliphatic carbocycles. The Balaban J connectivity index is 1.74. The molecule has 4 heteroatoms. The van der Waals surface area contributed by atoms with E-state index in [9.17, 15) is 0 Å². The first-order valence-corrected chi connectivity index (χ1v) is 6.19. The minimum absolute atomic E-state index is 0.415. The Bertz CT molecular complexity index is 690. The van der Waals surface area contributed by atoms with E-state index >= 15 is 0 Å². The van der Waals surface area contributed by atoms with E-state index < -0.39 is 0 Å². The molecule has 19 heavy (non-hydrogen) atoms. The van der Waals surface area contributed by atoms with Crippen molar-refractivity contribution in [1.82, 2.24) is 9.97 Å². The van der Waals surface area contributed by atoms with Crippen LogP contribution in [0, 0.1) is 0 Å². The molecule has 3 rings (SSSR count). The third-order valence-corrected chi connectivity index (χ3v) is 3.00. The summed E-state index contributed by atoms with van der Waals surface area (Å²) in [6.07, 6.45) is 1.74. The summed E-state index contributed by atoms with van der Waals surface area (Å²) in [5, 5.41) is 2.38. The van der Waals surface area contributed by atoms with Crippen LogP contribution in [0.1, 0.15) is 11.5 Å². The zero-order valence-electron chi connectivity index (χ0n) is 10.5. The molecule has 0 aliphatic rings. The van der Waals surface area contributed by atoms with Crippen molar-refractivity contribution < 1.29 is 4.74 Å². The molecular weight excluding hydrogens is 238 g/mol. The lowest BCUT2D eigenvalue weighted by molar-refractivity contribution is 0.297. The maximum Gasteiger partial charge on any atom is 0.146 e. The number of fused-ring (bicyclic) bond motifs is 1. The number of nitrogens with two attached hydrogens (primary N) is 1. The predicted molar refractivity (Wildman–Crippen MR) is 74.8 cm³/mol. The van der Waals surface area contributed by atoms with Crippen LogP contribution < -0.4 is 10.5 Å². The molecule has 4 nitrogen and oxygen atoms in total. The quantitative estimate of drug-likeness (QED) is 0.751. The first-order valence-electron chi connectivity index (χ1n) is 6.19. The fraction of sp³-hybridized carbons (Fsp3) is 0.133. The van der Waals surface area contributed by atoms with Crippen molar-refractivity contribution in [2.45, 2.75) is 13.2 Å². The van der Waals surface area contributed by atoms with Crippen molar-refractivity contribution in [1.29, 1.82) is 0 Å². The molecule has 0 fully saturated rings. The average Bonchev–Trinajstić information content (AvgIpc) is 2.93. The molecule has 0 amide bonds. The van der Waals surface area contributed by atoms with Crippen LogP contribution in [-0.2, 0) is 13.2 Å². The molecule has 0 atom stereocenters. The van der Waals surface area contributed by atoms with Gasteiger partial charge in [0.25, 0.3) is 0 Å². The van der Waals surface area contributed by atoms with E-state index in [4.69, 9.17) is 10.5 Å². The van der Waals surface area contributed by atoms with Crippen LogP contribution in [0.4, 0.5) is 0 Å². The molecule has 1 aromatic heterocycles. The SMILES string of the molecule is NCc1cnc(COc2ccc3ccccc3c2)[nH]1. The van der Waals surface area contributed by atoms with Gasteiger partial charge in [-0.3, -0.25) is 0 Å². The number of H-pyrrole nitrogens is 1. The van der Waals surface area contributed by atoms with Gasteiger partial charge < -0.3 is 15.5 Å². The van der Waals surface area contributed by atoms with E-state index in [1.165, 1.54) is 10.8 Å². The van der Waals surface area contributed by atoms with Crippen molar-refractivity contribution >= 4 is 10.8 Å². The zero-order valence-corrected chi connectivity index (χ0v) is 10.5. The lowest BCUT2D eigenvalue weighted by Crippen LogP contribution is -1.99. The molecule has 2 aromatic carbocycles. The molecular formula is C15H15N3O. The maximum atomic E-state index is 5.72. The second-order valence-corrected chi connectivity index (χ2v) is 4.36. The van der Waals surface area contributed by atoms with E-state index in [0.717, 1.165) is 17.3 Å². The van der Waals surface area contributed by atoms with Gasteiger partial charge in [0.1, 0.15) is 18.2 Å². The van der Waals surface area contributed by atoms with Gasteiger partial charge in [-0.1, -0.05) is 30.3 Å². The third-order valence-electron chi connectivity index (χ3n) is 3.00.